The Kier molecular flexibility index (Phi) is 8.60. The molecule has 8 heteroatoms. The Balaban J connectivity index is 1.35. The summed E-state index contributed by atoms with van der Waals surface area (Å²) in [4.78, 5) is 42.2. The summed E-state index contributed by atoms with van der Waals surface area (Å²) in [6.45, 7) is 8.14. The largest absolute Gasteiger partial charge is 0.460 e. The van der Waals surface area contributed by atoms with Crippen LogP contribution in [0.1, 0.15) is 32.6 Å². The number of hydrogen-bond acceptors (Lipinski definition) is 6. The zero-order valence-corrected chi connectivity index (χ0v) is 28.3. The van der Waals surface area contributed by atoms with Crippen LogP contribution in [0.4, 0.5) is 17.1 Å². The number of carbonyl (C=O) groups is 3. The van der Waals surface area contributed by atoms with E-state index in [9.17, 15) is 14.4 Å². The molecule has 0 atom stereocenters. The lowest BCUT2D eigenvalue weighted by Crippen LogP contribution is -2.71. The van der Waals surface area contributed by atoms with Crippen LogP contribution < -0.4 is 15.7 Å². The van der Waals surface area contributed by atoms with Gasteiger partial charge in [0, 0.05) is 63.3 Å². The van der Waals surface area contributed by atoms with E-state index in [1.54, 1.807) is 12.1 Å². The molecular formula is C42H36N3O5+. The molecule has 7 rings (SSSR count). The van der Waals surface area contributed by atoms with E-state index in [-0.39, 0.29) is 13.2 Å². The van der Waals surface area contributed by atoms with Crippen molar-refractivity contribution in [2.24, 2.45) is 0 Å². The van der Waals surface area contributed by atoms with Crippen LogP contribution in [0.3, 0.4) is 0 Å². The van der Waals surface area contributed by atoms with E-state index in [4.69, 9.17) is 9.15 Å². The number of para-hydroxylation sites is 2. The maximum Gasteiger partial charge on any atom is 0.338 e. The van der Waals surface area contributed by atoms with Gasteiger partial charge in [-0.25, -0.2) is 9.79 Å². The smallest absolute Gasteiger partial charge is 0.338 e. The fourth-order valence-electron chi connectivity index (χ4n) is 6.49. The third-order valence-corrected chi connectivity index (χ3v) is 9.09. The first-order chi connectivity index (χ1) is 24.2. The standard InChI is InChI=1S/C42H35N3O5/c1-25-9-7-10-26(2)40(25)43-29-15-17-33-35(23-29)50-36-24-30(44-41-27(3)11-8-12-28(41)4)16-18-34(36)39(33)31-13-5-6-14-32(31)42(48)49-22-21-45-37(46)19-20-38(45)47/h5-20,23-24,43H,21-22H2,1-4H3/p+1. The Bertz CT molecular complexity index is 2350. The number of nitrogens with zero attached hydrogens (tertiary/aromatic N) is 1. The van der Waals surface area contributed by atoms with Crippen molar-refractivity contribution in [2.75, 3.05) is 18.5 Å². The molecule has 4 aromatic carbocycles. The highest BCUT2D eigenvalue weighted by Gasteiger charge is 2.25. The maximum atomic E-state index is 13.6. The van der Waals surface area contributed by atoms with Crippen LogP contribution in [0.15, 0.2) is 114 Å². The SMILES string of the molecule is Cc1cccc(C)c1Nc1ccc2c(-c3ccccc3C(=O)OCCN3C(=O)C=CC3=O)c3ccc(=[NH+]c4c(C)cccc4C)cc-3oc2c1. The van der Waals surface area contributed by atoms with Crippen LogP contribution in [0.5, 0.6) is 0 Å². The first kappa shape index (κ1) is 32.3. The van der Waals surface area contributed by atoms with Gasteiger partial charge in [0.2, 0.25) is 11.0 Å². The van der Waals surface area contributed by atoms with Gasteiger partial charge < -0.3 is 14.5 Å². The van der Waals surface area contributed by atoms with E-state index in [1.807, 2.05) is 60.7 Å². The molecule has 248 valence electrons. The second kappa shape index (κ2) is 13.3. The van der Waals surface area contributed by atoms with Gasteiger partial charge in [0.1, 0.15) is 18.0 Å². The maximum absolute atomic E-state index is 13.6. The zero-order chi connectivity index (χ0) is 34.9. The third-order valence-electron chi connectivity index (χ3n) is 9.09. The summed E-state index contributed by atoms with van der Waals surface area (Å²) in [5, 5.41) is 5.26. The van der Waals surface area contributed by atoms with Crippen LogP contribution in [0, 0.1) is 27.7 Å². The van der Waals surface area contributed by atoms with E-state index in [2.05, 4.69) is 62.3 Å². The molecule has 3 aliphatic rings. The highest BCUT2D eigenvalue weighted by Crippen LogP contribution is 2.42. The number of imide groups is 1. The summed E-state index contributed by atoms with van der Waals surface area (Å²) in [6, 6.07) is 31.7. The van der Waals surface area contributed by atoms with Crippen LogP contribution in [-0.4, -0.2) is 35.8 Å². The second-order valence-electron chi connectivity index (χ2n) is 12.5. The van der Waals surface area contributed by atoms with Crippen molar-refractivity contribution in [3.05, 3.63) is 142 Å². The number of ether oxygens (including phenoxy) is 1. The lowest BCUT2D eigenvalue weighted by Gasteiger charge is -2.19. The molecule has 4 aromatic rings. The molecule has 1 aliphatic carbocycles. The van der Waals surface area contributed by atoms with Crippen molar-refractivity contribution >= 4 is 45.8 Å². The third kappa shape index (κ3) is 6.19. The van der Waals surface area contributed by atoms with E-state index < -0.39 is 17.8 Å². The van der Waals surface area contributed by atoms with Crippen molar-refractivity contribution in [1.29, 1.82) is 0 Å². The average Bonchev–Trinajstić information content (AvgIpc) is 3.43. The Labute approximate surface area is 289 Å². The molecule has 2 heterocycles. The molecule has 0 aromatic heterocycles. The van der Waals surface area contributed by atoms with Crippen LogP contribution >= 0.6 is 0 Å². The summed E-state index contributed by atoms with van der Waals surface area (Å²) in [5.74, 6) is -0.767. The van der Waals surface area contributed by atoms with Gasteiger partial charge in [0.05, 0.1) is 18.2 Å². The fraction of sp³-hybridized carbons (Fsp3) is 0.143. The average molecular weight is 663 g/mol. The molecule has 2 amide bonds. The second-order valence-corrected chi connectivity index (χ2v) is 12.5. The lowest BCUT2D eigenvalue weighted by atomic mass is 9.90. The van der Waals surface area contributed by atoms with E-state index in [0.29, 0.717) is 22.5 Å². The highest BCUT2D eigenvalue weighted by molar-refractivity contribution is 6.13. The molecule has 0 fully saturated rings. The quantitative estimate of drug-likeness (QED) is 0.109. The molecule has 0 bridgehead atoms. The molecule has 8 nitrogen and oxygen atoms in total. The van der Waals surface area contributed by atoms with Gasteiger partial charge in [0.15, 0.2) is 0 Å². The molecule has 50 heavy (non-hydrogen) atoms. The van der Waals surface area contributed by atoms with E-state index >= 15 is 0 Å². The molecular weight excluding hydrogens is 626 g/mol. The monoisotopic (exact) mass is 662 g/mol. The summed E-state index contributed by atoms with van der Waals surface area (Å²) >= 11 is 0. The minimum atomic E-state index is -0.559. The minimum absolute atomic E-state index is 0.0269. The Morgan fingerprint density at radius 2 is 1.44 bits per heavy atom. The lowest BCUT2D eigenvalue weighted by molar-refractivity contribution is -0.403. The molecule has 2 N–H and O–H groups in total. The first-order valence-electron chi connectivity index (χ1n) is 16.5. The van der Waals surface area contributed by atoms with Crippen LogP contribution in [0.25, 0.3) is 33.4 Å². The van der Waals surface area contributed by atoms with E-state index in [0.717, 1.165) is 66.1 Å². The van der Waals surface area contributed by atoms with Gasteiger partial charge in [0.25, 0.3) is 11.8 Å². The number of esters is 1. The van der Waals surface area contributed by atoms with Crippen LogP contribution in [-0.2, 0) is 14.3 Å². The number of nitrogens with one attached hydrogen (secondary N) is 2. The number of fused-ring (bicyclic) bond motifs is 2. The van der Waals surface area contributed by atoms with Crippen molar-refractivity contribution in [1.82, 2.24) is 4.90 Å². The first-order valence-corrected chi connectivity index (χ1v) is 16.5. The molecule has 0 saturated carbocycles. The normalized spacial score (nSPS) is 13.1. The summed E-state index contributed by atoms with van der Waals surface area (Å²) in [7, 11) is 0. The van der Waals surface area contributed by atoms with Crippen molar-refractivity contribution in [2.45, 2.75) is 27.7 Å². The number of anilines is 2. The van der Waals surface area contributed by atoms with Gasteiger partial charge in [-0.3, -0.25) is 14.5 Å². The van der Waals surface area contributed by atoms with Gasteiger partial charge in [-0.05, 0) is 68.7 Å². The Morgan fingerprint density at radius 1 is 0.760 bits per heavy atom. The van der Waals surface area contributed by atoms with Gasteiger partial charge >= 0.3 is 5.97 Å². The number of amides is 2. The molecule has 0 radical (unpaired) electrons. The predicted molar refractivity (Wildman–Crippen MR) is 193 cm³/mol. The van der Waals surface area contributed by atoms with E-state index in [1.165, 1.54) is 12.2 Å². The molecule has 0 unspecified atom stereocenters. The van der Waals surface area contributed by atoms with Crippen molar-refractivity contribution < 1.29 is 28.5 Å². The Morgan fingerprint density at radius 3 is 2.16 bits per heavy atom. The predicted octanol–water partition coefficient (Wildman–Crippen LogP) is 6.58. The fourth-order valence-corrected chi connectivity index (χ4v) is 6.49. The number of carbonyl (C=O) groups excluding carboxylic acids is 3. The van der Waals surface area contributed by atoms with Gasteiger partial charge in [-0.2, -0.15) is 0 Å². The van der Waals surface area contributed by atoms with Crippen molar-refractivity contribution in [3.63, 3.8) is 0 Å². The van der Waals surface area contributed by atoms with Crippen molar-refractivity contribution in [3.8, 4) is 22.5 Å². The molecule has 0 saturated heterocycles. The summed E-state index contributed by atoms with van der Waals surface area (Å²) in [5.41, 5.74) is 10.8. The summed E-state index contributed by atoms with van der Waals surface area (Å²) < 4.78 is 12.3. The number of aryl methyl sites for hydroxylation is 4. The van der Waals surface area contributed by atoms with Gasteiger partial charge in [-0.1, -0.05) is 54.6 Å². The number of benzene rings is 5. The highest BCUT2D eigenvalue weighted by atomic mass is 16.5. The summed E-state index contributed by atoms with van der Waals surface area (Å²) in [6.07, 6.45) is 2.42. The number of hydrogen-bond donors (Lipinski definition) is 2. The minimum Gasteiger partial charge on any atom is -0.460 e. The van der Waals surface area contributed by atoms with Crippen LogP contribution in [0.2, 0.25) is 0 Å². The molecule has 0 spiro atoms. The Hall–Kier alpha value is -6.28. The zero-order valence-electron chi connectivity index (χ0n) is 28.3. The molecule has 2 aliphatic heterocycles. The number of rotatable bonds is 8. The van der Waals surface area contributed by atoms with Gasteiger partial charge in [-0.15, -0.1) is 0 Å². The topological polar surface area (TPSA) is 103 Å².